The molecule has 14 heteroatoms. The number of hydrogen-bond donors (Lipinski definition) is 2. The lowest BCUT2D eigenvalue weighted by atomic mass is 9.84. The van der Waals surface area contributed by atoms with Gasteiger partial charge in [0.25, 0.3) is 0 Å². The van der Waals surface area contributed by atoms with Crippen LogP contribution in [0.3, 0.4) is 0 Å². The number of amides is 2. The number of alkyl halides is 3. The van der Waals surface area contributed by atoms with Crippen LogP contribution in [0.25, 0.3) is 5.57 Å². The van der Waals surface area contributed by atoms with Crippen molar-refractivity contribution in [2.45, 2.75) is 44.9 Å². The molecule has 3 aliphatic rings. The molecule has 1 aromatic heterocycles. The van der Waals surface area contributed by atoms with Gasteiger partial charge >= 0.3 is 6.18 Å². The van der Waals surface area contributed by atoms with Crippen LogP contribution >= 0.6 is 0 Å². The first-order chi connectivity index (χ1) is 20.8. The van der Waals surface area contributed by atoms with Crippen LogP contribution < -0.4 is 20.4 Å². The van der Waals surface area contributed by atoms with Gasteiger partial charge in [-0.1, -0.05) is 6.08 Å². The van der Waals surface area contributed by atoms with Gasteiger partial charge in [-0.2, -0.15) is 18.4 Å². The molecule has 2 saturated heterocycles. The Morgan fingerprint density at radius 3 is 2.55 bits per heavy atom. The largest absolute Gasteiger partial charge is 0.393 e. The zero-order valence-corrected chi connectivity index (χ0v) is 24.7. The molecule has 4 heterocycles. The van der Waals surface area contributed by atoms with Crippen LogP contribution in [-0.4, -0.2) is 84.7 Å². The fraction of sp³-hybridized carbons (Fsp3) is 0.500. The Balaban J connectivity index is 1.47. The van der Waals surface area contributed by atoms with E-state index in [1.807, 2.05) is 42.8 Å². The average molecular weight is 615 g/mol. The zero-order valence-electron chi connectivity index (χ0n) is 24.7. The van der Waals surface area contributed by atoms with E-state index in [9.17, 15) is 22.8 Å². The normalized spacial score (nSPS) is 24.8. The van der Waals surface area contributed by atoms with Crippen LogP contribution in [-0.2, 0) is 9.59 Å². The number of piperazine rings is 1. The second-order valence-corrected chi connectivity index (χ2v) is 11.6. The highest BCUT2D eigenvalue weighted by atomic mass is 19.4. The molecule has 2 fully saturated rings. The van der Waals surface area contributed by atoms with E-state index in [0.717, 1.165) is 0 Å². The van der Waals surface area contributed by atoms with Gasteiger partial charge in [-0.15, -0.1) is 0 Å². The number of nitrogens with one attached hydrogen (secondary N) is 2. The van der Waals surface area contributed by atoms with Crippen molar-refractivity contribution in [3.63, 3.8) is 0 Å². The minimum Gasteiger partial charge on any atom is -0.367 e. The molecule has 44 heavy (non-hydrogen) atoms. The molecule has 0 bridgehead atoms. The van der Waals surface area contributed by atoms with Crippen molar-refractivity contribution in [3.8, 4) is 6.07 Å². The van der Waals surface area contributed by atoms with Crippen molar-refractivity contribution in [1.82, 2.24) is 20.2 Å². The number of hydrogen-bond acceptors (Lipinski definition) is 8. The van der Waals surface area contributed by atoms with Crippen molar-refractivity contribution in [3.05, 3.63) is 47.7 Å². The molecule has 4 atom stereocenters. The van der Waals surface area contributed by atoms with Gasteiger partial charge in [0.15, 0.2) is 0 Å². The number of carbonyl (C=O) groups excluding carboxylic acids is 2. The number of nitrogens with zero attached hydrogens (tertiary/aromatic N) is 6. The second kappa shape index (κ2) is 12.4. The van der Waals surface area contributed by atoms with E-state index in [4.69, 9.17) is 5.26 Å². The standard InChI is InChI=1S/C30H34F4N8O2/c1-17-15-42(16-18(2)40(17)3)25-12-23(31)20(19-5-8-41(9-6-19)27-4-7-36-26(13-35)39-27)10-24(25)38-29(44)21-14-37-28(43)11-22(21)30(32,33)34/h4-5,7,10,12,17-18,21-22H,6,8-9,11,14-16H2,1-3H3,(H,37,43)(H,38,44)/t17-,18+,21?,22?. The maximum absolute atomic E-state index is 15.9. The van der Waals surface area contributed by atoms with Crippen molar-refractivity contribution < 1.29 is 27.2 Å². The Morgan fingerprint density at radius 1 is 1.18 bits per heavy atom. The highest BCUT2D eigenvalue weighted by Crippen LogP contribution is 2.39. The number of benzene rings is 1. The first kappa shape index (κ1) is 31.2. The number of rotatable bonds is 5. The smallest absolute Gasteiger partial charge is 0.367 e. The maximum atomic E-state index is 15.9. The molecule has 234 valence electrons. The van der Waals surface area contributed by atoms with Gasteiger partial charge in [0, 0.05) is 63.0 Å². The number of piperidine rings is 1. The van der Waals surface area contributed by atoms with Crippen molar-refractivity contribution >= 4 is 34.6 Å². The third kappa shape index (κ3) is 6.47. The molecule has 0 radical (unpaired) electrons. The monoisotopic (exact) mass is 614 g/mol. The van der Waals surface area contributed by atoms with Crippen LogP contribution in [0.15, 0.2) is 30.5 Å². The van der Waals surface area contributed by atoms with Gasteiger partial charge in [0.05, 0.1) is 23.2 Å². The van der Waals surface area contributed by atoms with Gasteiger partial charge in [-0.05, 0) is 51.1 Å². The molecular weight excluding hydrogens is 580 g/mol. The minimum atomic E-state index is -4.74. The van der Waals surface area contributed by atoms with Crippen molar-refractivity contribution in [2.75, 3.05) is 54.9 Å². The first-order valence-corrected chi connectivity index (χ1v) is 14.5. The molecule has 1 aromatic carbocycles. The second-order valence-electron chi connectivity index (χ2n) is 11.6. The first-order valence-electron chi connectivity index (χ1n) is 14.5. The van der Waals surface area contributed by atoms with Gasteiger partial charge in [-0.3, -0.25) is 14.5 Å². The molecule has 2 unspecified atom stereocenters. The van der Waals surface area contributed by atoms with Gasteiger partial charge in [-0.25, -0.2) is 14.4 Å². The molecule has 0 saturated carbocycles. The summed E-state index contributed by atoms with van der Waals surface area (Å²) in [4.78, 5) is 39.4. The van der Waals surface area contributed by atoms with Crippen molar-refractivity contribution in [2.24, 2.45) is 11.8 Å². The minimum absolute atomic E-state index is 0.0390. The van der Waals surface area contributed by atoms with E-state index in [1.165, 1.54) is 18.3 Å². The van der Waals surface area contributed by atoms with Crippen LogP contribution in [0.4, 0.5) is 34.8 Å². The lowest BCUT2D eigenvalue weighted by Gasteiger charge is -2.44. The molecule has 2 aromatic rings. The molecule has 0 spiro atoms. The molecule has 0 aliphatic carbocycles. The number of carbonyl (C=O) groups is 2. The van der Waals surface area contributed by atoms with Gasteiger partial charge < -0.3 is 20.4 Å². The van der Waals surface area contributed by atoms with Gasteiger partial charge in [0.2, 0.25) is 17.6 Å². The summed E-state index contributed by atoms with van der Waals surface area (Å²) < 4.78 is 57.4. The van der Waals surface area contributed by atoms with Crippen molar-refractivity contribution in [1.29, 1.82) is 5.26 Å². The lowest BCUT2D eigenvalue weighted by molar-refractivity contribution is -0.197. The average Bonchev–Trinajstić information content (AvgIpc) is 3.00. The zero-order chi connectivity index (χ0) is 31.8. The topological polar surface area (TPSA) is 117 Å². The number of nitriles is 1. The van der Waals surface area contributed by atoms with E-state index in [1.54, 1.807) is 6.07 Å². The molecule has 2 amide bonds. The summed E-state index contributed by atoms with van der Waals surface area (Å²) in [6, 6.07) is 6.64. The fourth-order valence-corrected chi connectivity index (χ4v) is 6.10. The Labute approximate surface area is 252 Å². The van der Waals surface area contributed by atoms with Crippen LogP contribution in [0.1, 0.15) is 38.1 Å². The number of likely N-dealkylation sites (N-methyl/N-ethyl adjacent to an activating group) is 1. The maximum Gasteiger partial charge on any atom is 0.393 e. The van der Waals surface area contributed by atoms with E-state index >= 15 is 4.39 Å². The molecule has 3 aliphatic heterocycles. The molecule has 5 rings (SSSR count). The highest BCUT2D eigenvalue weighted by Gasteiger charge is 2.50. The summed E-state index contributed by atoms with van der Waals surface area (Å²) in [5.41, 5.74) is 1.51. The predicted octanol–water partition coefficient (Wildman–Crippen LogP) is 3.56. The highest BCUT2D eigenvalue weighted by molar-refractivity contribution is 5.98. The quantitative estimate of drug-likeness (QED) is 0.492. The summed E-state index contributed by atoms with van der Waals surface area (Å²) in [5.74, 6) is -5.21. The van der Waals surface area contributed by atoms with E-state index < -0.39 is 48.6 Å². The fourth-order valence-electron chi connectivity index (χ4n) is 6.10. The number of aromatic nitrogens is 2. The van der Waals surface area contributed by atoms with Crippen LogP contribution in [0.2, 0.25) is 0 Å². The number of anilines is 3. The predicted molar refractivity (Wildman–Crippen MR) is 156 cm³/mol. The van der Waals surface area contributed by atoms with E-state index in [2.05, 4.69) is 25.5 Å². The SMILES string of the molecule is C[C@@H]1CN(c2cc(F)c(C3=CCN(c4ccnc(C#N)n4)CC3)cc2NC(=O)C2CNC(=O)CC2C(F)(F)F)C[C@H](C)N1C. The van der Waals surface area contributed by atoms with Gasteiger partial charge in [0.1, 0.15) is 17.7 Å². The van der Waals surface area contributed by atoms with Crippen LogP contribution in [0.5, 0.6) is 0 Å². The Morgan fingerprint density at radius 2 is 1.91 bits per heavy atom. The van der Waals surface area contributed by atoms with Crippen LogP contribution in [0, 0.1) is 29.0 Å². The Kier molecular flexibility index (Phi) is 8.78. The summed E-state index contributed by atoms with van der Waals surface area (Å²) >= 11 is 0. The summed E-state index contributed by atoms with van der Waals surface area (Å²) in [7, 11) is 2.00. The summed E-state index contributed by atoms with van der Waals surface area (Å²) in [6.45, 7) is 5.50. The third-order valence-corrected chi connectivity index (χ3v) is 8.83. The molecule has 10 nitrogen and oxygen atoms in total. The summed E-state index contributed by atoms with van der Waals surface area (Å²) in [6.07, 6.45) is -1.83. The molecule has 2 N–H and O–H groups in total. The summed E-state index contributed by atoms with van der Waals surface area (Å²) in [5, 5.41) is 14.2. The Bertz CT molecular complexity index is 1490. The van der Waals surface area contributed by atoms with E-state index in [-0.39, 0.29) is 29.2 Å². The third-order valence-electron chi connectivity index (χ3n) is 8.83. The molecular formula is C30H34F4N8O2. The Hall–Kier alpha value is -4.25. The number of halogens is 4. The lowest BCUT2D eigenvalue weighted by Crippen LogP contribution is -2.55. The van der Waals surface area contributed by atoms with E-state index in [0.29, 0.717) is 49.7 Å².